The lowest BCUT2D eigenvalue weighted by atomic mass is 9.99. The summed E-state index contributed by atoms with van der Waals surface area (Å²) in [6.45, 7) is 7.70. The van der Waals surface area contributed by atoms with Crippen molar-refractivity contribution in [2.75, 3.05) is 33.2 Å². The number of aromatic hydroxyl groups is 1. The van der Waals surface area contributed by atoms with Gasteiger partial charge >= 0.3 is 0 Å². The van der Waals surface area contributed by atoms with Crippen molar-refractivity contribution in [1.29, 1.82) is 0 Å². The third kappa shape index (κ3) is 4.11. The minimum Gasteiger partial charge on any atom is -0.506 e. The van der Waals surface area contributed by atoms with Crippen LogP contribution in [0.1, 0.15) is 29.4 Å². The molecule has 1 aliphatic heterocycles. The molecule has 0 radical (unpaired) electrons. The molecule has 3 aromatic rings. The summed E-state index contributed by atoms with van der Waals surface area (Å²) in [6.07, 6.45) is 4.33. The Morgan fingerprint density at radius 1 is 0.903 bits per heavy atom. The maximum Gasteiger partial charge on any atom is 0.133 e. The first kappa shape index (κ1) is 19.9. The van der Waals surface area contributed by atoms with Gasteiger partial charge in [-0.25, -0.2) is 0 Å². The van der Waals surface area contributed by atoms with Crippen molar-refractivity contribution in [2.45, 2.75) is 19.9 Å². The minimum absolute atomic E-state index is 0.184. The van der Waals surface area contributed by atoms with Crippen molar-refractivity contribution < 1.29 is 5.11 Å². The highest BCUT2D eigenvalue weighted by atomic mass is 16.3. The number of hydrogen-bond acceptors (Lipinski definition) is 5. The molecule has 5 nitrogen and oxygen atoms in total. The summed E-state index contributed by atoms with van der Waals surface area (Å²) >= 11 is 0. The van der Waals surface area contributed by atoms with Gasteiger partial charge in [-0.3, -0.25) is 14.9 Å². The number of nitrogens with zero attached hydrogens (tertiary/aromatic N) is 4. The molecule has 0 saturated carbocycles. The minimum atomic E-state index is 0.184. The van der Waals surface area contributed by atoms with Gasteiger partial charge in [0.15, 0.2) is 0 Å². The molecule has 2 aromatic heterocycles. The highest BCUT2D eigenvalue weighted by molar-refractivity contribution is 5.86. The van der Waals surface area contributed by atoms with Gasteiger partial charge < -0.3 is 10.0 Å². The van der Waals surface area contributed by atoms with Crippen molar-refractivity contribution in [3.05, 3.63) is 82.9 Å². The summed E-state index contributed by atoms with van der Waals surface area (Å²) in [7, 11) is 2.19. The number of benzene rings is 1. The van der Waals surface area contributed by atoms with Crippen LogP contribution < -0.4 is 0 Å². The van der Waals surface area contributed by atoms with Gasteiger partial charge in [-0.2, -0.15) is 0 Å². The monoisotopic (exact) mass is 412 g/mol. The Bertz CT molecular complexity index is 1110. The van der Waals surface area contributed by atoms with Gasteiger partial charge in [0.2, 0.25) is 0 Å². The molecule has 5 heteroatoms. The van der Waals surface area contributed by atoms with E-state index in [1.807, 2.05) is 12.3 Å². The molecule has 1 N–H and O–H groups in total. The third-order valence-corrected chi connectivity index (χ3v) is 6.39. The molecule has 5 rings (SSSR count). The van der Waals surface area contributed by atoms with E-state index in [0.29, 0.717) is 0 Å². The zero-order chi connectivity index (χ0) is 21.4. The van der Waals surface area contributed by atoms with Crippen LogP contribution in [-0.2, 0) is 13.0 Å². The van der Waals surface area contributed by atoms with Crippen molar-refractivity contribution in [1.82, 2.24) is 19.8 Å². The molecule has 31 heavy (non-hydrogen) atoms. The fourth-order valence-electron chi connectivity index (χ4n) is 4.54. The second-order valence-electron chi connectivity index (χ2n) is 8.73. The van der Waals surface area contributed by atoms with E-state index in [0.717, 1.165) is 67.2 Å². The zero-order valence-electron chi connectivity index (χ0n) is 18.2. The molecule has 0 bridgehead atoms. The predicted molar refractivity (Wildman–Crippen MR) is 124 cm³/mol. The first-order valence-electron chi connectivity index (χ1n) is 10.9. The molecule has 1 aliphatic carbocycles. The summed E-state index contributed by atoms with van der Waals surface area (Å²) in [5.74, 6) is 0.184. The smallest absolute Gasteiger partial charge is 0.133 e. The Morgan fingerprint density at radius 3 is 2.39 bits per heavy atom. The lowest BCUT2D eigenvalue weighted by Crippen LogP contribution is -2.43. The van der Waals surface area contributed by atoms with E-state index in [1.54, 1.807) is 6.07 Å². The van der Waals surface area contributed by atoms with Crippen LogP contribution in [0.5, 0.6) is 5.75 Å². The van der Waals surface area contributed by atoms with Gasteiger partial charge in [-0.15, -0.1) is 0 Å². The fourth-order valence-corrected chi connectivity index (χ4v) is 4.54. The summed E-state index contributed by atoms with van der Waals surface area (Å²) in [6, 6.07) is 14.7. The maximum absolute atomic E-state index is 9.59. The Balaban J connectivity index is 1.38. The number of rotatable bonds is 4. The summed E-state index contributed by atoms with van der Waals surface area (Å²) < 4.78 is 0. The van der Waals surface area contributed by atoms with Gasteiger partial charge in [0.1, 0.15) is 5.75 Å². The van der Waals surface area contributed by atoms with Crippen molar-refractivity contribution >= 4 is 5.57 Å². The lowest BCUT2D eigenvalue weighted by molar-refractivity contribution is 0.148. The summed E-state index contributed by atoms with van der Waals surface area (Å²) in [5, 5.41) is 9.59. The Kier molecular flexibility index (Phi) is 5.30. The normalized spacial score (nSPS) is 17.2. The molecule has 0 amide bonds. The van der Waals surface area contributed by atoms with E-state index >= 15 is 0 Å². The van der Waals surface area contributed by atoms with Crippen LogP contribution in [0.4, 0.5) is 0 Å². The number of hydrogen-bond donors (Lipinski definition) is 1. The molecule has 1 fully saturated rings. The second-order valence-corrected chi connectivity index (χ2v) is 8.73. The molecule has 0 spiro atoms. The molecule has 0 unspecified atom stereocenters. The fraction of sp³-hybridized carbons (Fsp3) is 0.308. The largest absolute Gasteiger partial charge is 0.506 e. The van der Waals surface area contributed by atoms with E-state index in [1.165, 1.54) is 22.9 Å². The molecule has 158 valence electrons. The second kappa shape index (κ2) is 8.25. The van der Waals surface area contributed by atoms with Crippen LogP contribution >= 0.6 is 0 Å². The van der Waals surface area contributed by atoms with Gasteiger partial charge in [0, 0.05) is 62.0 Å². The van der Waals surface area contributed by atoms with Crippen LogP contribution in [0.25, 0.3) is 16.7 Å². The van der Waals surface area contributed by atoms with Crippen molar-refractivity contribution in [3.63, 3.8) is 0 Å². The first-order chi connectivity index (χ1) is 15.1. The predicted octanol–water partition coefficient (Wildman–Crippen LogP) is 3.97. The summed E-state index contributed by atoms with van der Waals surface area (Å²) in [5.41, 5.74) is 9.18. The summed E-state index contributed by atoms with van der Waals surface area (Å²) in [4.78, 5) is 14.1. The van der Waals surface area contributed by atoms with Crippen LogP contribution in [0.2, 0.25) is 0 Å². The number of fused-ring (bicyclic) bond motifs is 1. The average molecular weight is 413 g/mol. The van der Waals surface area contributed by atoms with Crippen molar-refractivity contribution in [2.24, 2.45) is 0 Å². The Hall–Kier alpha value is -3.02. The van der Waals surface area contributed by atoms with E-state index in [4.69, 9.17) is 4.98 Å². The number of piperazine rings is 1. The van der Waals surface area contributed by atoms with Gasteiger partial charge in [0.05, 0.1) is 17.6 Å². The van der Waals surface area contributed by atoms with Crippen molar-refractivity contribution in [3.8, 4) is 16.9 Å². The average Bonchev–Trinajstić information content (AvgIpc) is 3.11. The number of allylic oxidation sites excluding steroid dienone is 1. The van der Waals surface area contributed by atoms with Gasteiger partial charge in [-0.05, 0) is 43.3 Å². The van der Waals surface area contributed by atoms with E-state index < -0.39 is 0 Å². The third-order valence-electron chi connectivity index (χ3n) is 6.39. The number of pyridine rings is 2. The highest BCUT2D eigenvalue weighted by Gasteiger charge is 2.23. The first-order valence-corrected chi connectivity index (χ1v) is 10.9. The Labute approximate surface area is 183 Å². The highest BCUT2D eigenvalue weighted by Crippen LogP contribution is 2.37. The maximum atomic E-state index is 9.59. The van der Waals surface area contributed by atoms with E-state index in [9.17, 15) is 5.11 Å². The van der Waals surface area contributed by atoms with E-state index in [-0.39, 0.29) is 5.75 Å². The van der Waals surface area contributed by atoms with Gasteiger partial charge in [-0.1, -0.05) is 29.8 Å². The molecule has 3 heterocycles. The van der Waals surface area contributed by atoms with Crippen LogP contribution in [0.3, 0.4) is 0 Å². The van der Waals surface area contributed by atoms with E-state index in [2.05, 4.69) is 59.1 Å². The van der Waals surface area contributed by atoms with Crippen LogP contribution in [0, 0.1) is 0 Å². The lowest BCUT2D eigenvalue weighted by Gasteiger charge is -2.32. The topological polar surface area (TPSA) is 52.5 Å². The molecule has 0 atom stereocenters. The molecular formula is C26H28N4O. The van der Waals surface area contributed by atoms with Gasteiger partial charge in [0.25, 0.3) is 0 Å². The van der Waals surface area contributed by atoms with Crippen LogP contribution in [0.15, 0.2) is 60.4 Å². The molecule has 1 saturated heterocycles. The molecular weight excluding hydrogens is 384 g/mol. The number of likely N-dealkylation sites (N-methyl/N-ethyl adjacent to an activating group) is 1. The quantitative estimate of drug-likeness (QED) is 0.703. The SMILES string of the molecule is CC1=C(c2ccc(O)cn2)c2cc(-c3ccc(CN4CCN(C)CC4)cc3)cnc2C1. The van der Waals surface area contributed by atoms with Crippen LogP contribution in [-0.4, -0.2) is 58.1 Å². The molecule has 2 aliphatic rings. The molecule has 1 aromatic carbocycles. The number of aromatic nitrogens is 2. The zero-order valence-corrected chi connectivity index (χ0v) is 18.2. The Morgan fingerprint density at radius 2 is 1.68 bits per heavy atom. The standard InChI is InChI=1S/C26H28N4O/c1-18-13-25-23(26(18)24-8-7-22(31)16-28-24)14-21(15-27-25)20-5-3-19(4-6-20)17-30-11-9-29(2)10-12-30/h3-8,14-16,31H,9-13,17H2,1-2H3.